The quantitative estimate of drug-likeness (QED) is 0.544. The van der Waals surface area contributed by atoms with E-state index in [-0.39, 0.29) is 11.5 Å². The molecule has 0 saturated heterocycles. The number of nitrogen functional groups attached to an aromatic ring is 1. The lowest BCUT2D eigenvalue weighted by molar-refractivity contribution is 0.759. The number of hydrogen-bond acceptors (Lipinski definition) is 6. The Balaban J connectivity index is 2.56. The Hall–Kier alpha value is -2.16. The van der Waals surface area contributed by atoms with Crippen LogP contribution in [0.2, 0.25) is 0 Å². The summed E-state index contributed by atoms with van der Waals surface area (Å²) in [7, 11) is 1.61. The van der Waals surface area contributed by atoms with Crippen molar-refractivity contribution in [3.63, 3.8) is 0 Å². The lowest BCUT2D eigenvalue weighted by Crippen LogP contribution is -2.19. The predicted octanol–water partition coefficient (Wildman–Crippen LogP) is 0.458. The van der Waals surface area contributed by atoms with Crippen molar-refractivity contribution in [3.05, 3.63) is 27.3 Å². The molecule has 112 valence electrons. The number of aromatic amines is 1. The smallest absolute Gasteiger partial charge is 0.343 e. The van der Waals surface area contributed by atoms with E-state index in [1.165, 1.54) is 4.57 Å². The predicted molar refractivity (Wildman–Crippen MR) is 79.8 cm³/mol. The minimum absolute atomic E-state index is 0.0560. The summed E-state index contributed by atoms with van der Waals surface area (Å²) < 4.78 is 1.37. The Labute approximate surface area is 125 Å². The van der Waals surface area contributed by atoms with Gasteiger partial charge < -0.3 is 5.73 Å². The number of hydrogen-bond donors (Lipinski definition) is 3. The molecule has 4 N–H and O–H groups in total. The molecular formula is C12H17N7OS. The van der Waals surface area contributed by atoms with Gasteiger partial charge in [-0.05, 0) is 30.2 Å². The van der Waals surface area contributed by atoms with Gasteiger partial charge in [0.2, 0.25) is 0 Å². The first kappa shape index (κ1) is 15.2. The molecule has 2 rings (SSSR count). The number of aromatic nitrogens is 5. The molecule has 0 bridgehead atoms. The van der Waals surface area contributed by atoms with E-state index in [1.54, 1.807) is 7.05 Å². The summed E-state index contributed by atoms with van der Waals surface area (Å²) in [6.07, 6.45) is 1.43. The third-order valence-electron chi connectivity index (χ3n) is 3.11. The van der Waals surface area contributed by atoms with Crippen molar-refractivity contribution in [1.29, 1.82) is 5.41 Å². The maximum Gasteiger partial charge on any atom is 0.343 e. The third kappa shape index (κ3) is 2.82. The highest BCUT2D eigenvalue weighted by Crippen LogP contribution is 2.28. The molecule has 0 aromatic carbocycles. The van der Waals surface area contributed by atoms with Crippen LogP contribution in [0, 0.1) is 5.41 Å². The zero-order chi connectivity index (χ0) is 15.6. The van der Waals surface area contributed by atoms with E-state index in [4.69, 9.17) is 11.1 Å². The highest BCUT2D eigenvalue weighted by Gasteiger charge is 2.19. The Morgan fingerprint density at radius 3 is 2.57 bits per heavy atom. The minimum Gasteiger partial charge on any atom is -0.384 e. The van der Waals surface area contributed by atoms with Crippen molar-refractivity contribution in [1.82, 2.24) is 25.0 Å². The van der Waals surface area contributed by atoms with E-state index in [0.717, 1.165) is 29.4 Å². The zero-order valence-electron chi connectivity index (χ0n) is 12.1. The molecule has 0 fully saturated rings. The maximum atomic E-state index is 11.4. The van der Waals surface area contributed by atoms with Crippen molar-refractivity contribution >= 4 is 17.6 Å². The molecule has 9 heteroatoms. The summed E-state index contributed by atoms with van der Waals surface area (Å²) in [4.78, 5) is 11.4. The number of nitrogens with two attached hydrogens (primary N) is 1. The largest absolute Gasteiger partial charge is 0.384 e. The van der Waals surface area contributed by atoms with Crippen LogP contribution >= 0.6 is 11.8 Å². The van der Waals surface area contributed by atoms with Gasteiger partial charge in [0, 0.05) is 7.05 Å². The van der Waals surface area contributed by atoms with E-state index in [9.17, 15) is 4.79 Å². The summed E-state index contributed by atoms with van der Waals surface area (Å²) in [5.74, 6) is -0.0560. The SMILES string of the molecule is CCc1nnc(Sc2n[nH]c(=O)n2C)c(C(=N)N)c1CC. The van der Waals surface area contributed by atoms with Gasteiger partial charge in [-0.3, -0.25) is 9.98 Å². The first-order valence-corrected chi connectivity index (χ1v) is 7.33. The van der Waals surface area contributed by atoms with Crippen LogP contribution in [0.15, 0.2) is 15.0 Å². The minimum atomic E-state index is -0.310. The molecule has 0 amide bonds. The fraction of sp³-hybridized carbons (Fsp3) is 0.417. The van der Waals surface area contributed by atoms with Crippen LogP contribution in [0.5, 0.6) is 0 Å². The molecule has 0 atom stereocenters. The van der Waals surface area contributed by atoms with Gasteiger partial charge in [0.15, 0.2) is 5.16 Å². The van der Waals surface area contributed by atoms with Gasteiger partial charge in [0.1, 0.15) is 10.9 Å². The van der Waals surface area contributed by atoms with Crippen LogP contribution in [0.4, 0.5) is 0 Å². The molecule has 0 aliphatic carbocycles. The molecule has 2 aromatic heterocycles. The van der Waals surface area contributed by atoms with Crippen LogP contribution in [0.25, 0.3) is 0 Å². The molecule has 0 unspecified atom stereocenters. The van der Waals surface area contributed by atoms with Crippen molar-refractivity contribution in [2.75, 3.05) is 0 Å². The molecule has 0 saturated carbocycles. The molecule has 2 heterocycles. The number of nitrogens with zero attached hydrogens (tertiary/aromatic N) is 4. The first-order chi connectivity index (χ1) is 9.99. The van der Waals surface area contributed by atoms with Crippen molar-refractivity contribution in [2.45, 2.75) is 36.9 Å². The normalized spacial score (nSPS) is 10.8. The lowest BCUT2D eigenvalue weighted by Gasteiger charge is -2.13. The second-order valence-corrected chi connectivity index (χ2v) is 5.35. The number of nitrogens with one attached hydrogen (secondary N) is 2. The standard InChI is InChI=1S/C12H17N7OS/c1-4-6-7(5-2)15-16-10(8(6)9(13)14)21-12-18-17-11(20)19(12)3/h4-5H2,1-3H3,(H3,13,14)(H,17,20). The van der Waals surface area contributed by atoms with E-state index < -0.39 is 0 Å². The molecule has 8 nitrogen and oxygen atoms in total. The van der Waals surface area contributed by atoms with Gasteiger partial charge in [0.05, 0.1) is 11.3 Å². The average molecular weight is 307 g/mol. The second kappa shape index (κ2) is 6.08. The number of aryl methyl sites for hydroxylation is 1. The molecule has 21 heavy (non-hydrogen) atoms. The number of H-pyrrole nitrogens is 1. The van der Waals surface area contributed by atoms with Crippen LogP contribution in [-0.2, 0) is 19.9 Å². The van der Waals surface area contributed by atoms with Gasteiger partial charge in [-0.1, -0.05) is 13.8 Å². The third-order valence-corrected chi connectivity index (χ3v) is 4.14. The van der Waals surface area contributed by atoms with Gasteiger partial charge in [-0.15, -0.1) is 10.2 Å². The lowest BCUT2D eigenvalue weighted by atomic mass is 10.0. The summed E-state index contributed by atoms with van der Waals surface area (Å²) in [5.41, 5.74) is 7.74. The van der Waals surface area contributed by atoms with Crippen LogP contribution in [0.3, 0.4) is 0 Å². The molecule has 0 radical (unpaired) electrons. The Morgan fingerprint density at radius 1 is 1.38 bits per heavy atom. The number of amidine groups is 1. The molecular weight excluding hydrogens is 290 g/mol. The highest BCUT2D eigenvalue weighted by molar-refractivity contribution is 7.99. The van der Waals surface area contributed by atoms with E-state index in [1.807, 2.05) is 13.8 Å². The van der Waals surface area contributed by atoms with Crippen LogP contribution in [0.1, 0.15) is 30.7 Å². The summed E-state index contributed by atoms with van der Waals surface area (Å²) in [5, 5.41) is 23.4. The Bertz CT molecular complexity index is 734. The monoisotopic (exact) mass is 307 g/mol. The van der Waals surface area contributed by atoms with Crippen molar-refractivity contribution in [3.8, 4) is 0 Å². The molecule has 2 aromatic rings. The first-order valence-electron chi connectivity index (χ1n) is 6.51. The highest BCUT2D eigenvalue weighted by atomic mass is 32.2. The van der Waals surface area contributed by atoms with Crippen LogP contribution < -0.4 is 11.4 Å². The summed E-state index contributed by atoms with van der Waals surface area (Å²) in [6, 6.07) is 0. The topological polar surface area (TPSA) is 126 Å². The van der Waals surface area contributed by atoms with E-state index in [2.05, 4.69) is 20.4 Å². The number of rotatable bonds is 5. The van der Waals surface area contributed by atoms with Crippen molar-refractivity contribution < 1.29 is 0 Å². The molecule has 0 aliphatic heterocycles. The summed E-state index contributed by atoms with van der Waals surface area (Å²) in [6.45, 7) is 3.97. The van der Waals surface area contributed by atoms with Gasteiger partial charge in [-0.2, -0.15) is 5.10 Å². The molecule has 0 spiro atoms. The summed E-state index contributed by atoms with van der Waals surface area (Å²) >= 11 is 1.16. The Morgan fingerprint density at radius 2 is 2.10 bits per heavy atom. The average Bonchev–Trinajstić information content (AvgIpc) is 2.78. The second-order valence-electron chi connectivity index (χ2n) is 4.40. The van der Waals surface area contributed by atoms with Gasteiger partial charge >= 0.3 is 5.69 Å². The van der Waals surface area contributed by atoms with Gasteiger partial charge in [0.25, 0.3) is 0 Å². The fourth-order valence-electron chi connectivity index (χ4n) is 2.01. The van der Waals surface area contributed by atoms with Crippen LogP contribution in [-0.4, -0.2) is 30.8 Å². The van der Waals surface area contributed by atoms with Crippen molar-refractivity contribution in [2.24, 2.45) is 12.8 Å². The Kier molecular flexibility index (Phi) is 4.41. The molecule has 0 aliphatic rings. The maximum absolute atomic E-state index is 11.4. The van der Waals surface area contributed by atoms with E-state index >= 15 is 0 Å². The zero-order valence-corrected chi connectivity index (χ0v) is 12.9. The van der Waals surface area contributed by atoms with Gasteiger partial charge in [-0.25, -0.2) is 9.89 Å². The fourth-order valence-corrected chi connectivity index (χ4v) is 2.91. The van der Waals surface area contributed by atoms with E-state index in [0.29, 0.717) is 22.2 Å².